The standard InChI is InChI=1S/C20H20N6O3S/c27-8-7-22-20(29)13-3-5-14(6-4-13)26-10-15(23-24-26)18(28)17-19(12-1-2-12)30-16-9-21-11-25(16)17/h3-6,9-12,18,27-28H,1-2,7-8H2,(H,22,29). The summed E-state index contributed by atoms with van der Waals surface area (Å²) < 4.78 is 3.50. The van der Waals surface area contributed by atoms with Crippen LogP contribution in [0.3, 0.4) is 0 Å². The van der Waals surface area contributed by atoms with Crippen LogP contribution >= 0.6 is 11.3 Å². The van der Waals surface area contributed by atoms with E-state index in [4.69, 9.17) is 5.11 Å². The van der Waals surface area contributed by atoms with E-state index in [-0.39, 0.29) is 19.1 Å². The normalized spacial score (nSPS) is 14.9. The van der Waals surface area contributed by atoms with E-state index in [1.165, 1.54) is 4.88 Å². The molecule has 10 heteroatoms. The first-order chi connectivity index (χ1) is 14.7. The average molecular weight is 424 g/mol. The van der Waals surface area contributed by atoms with Crippen molar-refractivity contribution in [3.05, 3.63) is 64.8 Å². The third-order valence-electron chi connectivity index (χ3n) is 5.12. The molecule has 4 aromatic rings. The lowest BCUT2D eigenvalue weighted by molar-refractivity contribution is 0.0945. The van der Waals surface area contributed by atoms with Crippen molar-refractivity contribution in [2.24, 2.45) is 0 Å². The fraction of sp³-hybridized carbons (Fsp3) is 0.300. The zero-order chi connectivity index (χ0) is 20.7. The van der Waals surface area contributed by atoms with Gasteiger partial charge in [-0.1, -0.05) is 5.21 Å². The number of hydrogen-bond donors (Lipinski definition) is 3. The van der Waals surface area contributed by atoms with Gasteiger partial charge in [-0.3, -0.25) is 9.20 Å². The van der Waals surface area contributed by atoms with E-state index in [0.717, 1.165) is 29.1 Å². The van der Waals surface area contributed by atoms with Crippen molar-refractivity contribution in [2.45, 2.75) is 24.9 Å². The molecule has 0 saturated heterocycles. The van der Waals surface area contributed by atoms with E-state index in [9.17, 15) is 9.90 Å². The summed E-state index contributed by atoms with van der Waals surface area (Å²) in [5, 5.41) is 30.8. The molecule has 30 heavy (non-hydrogen) atoms. The molecule has 9 nitrogen and oxygen atoms in total. The number of nitrogens with one attached hydrogen (secondary N) is 1. The Balaban J connectivity index is 1.40. The van der Waals surface area contributed by atoms with E-state index in [2.05, 4.69) is 20.6 Å². The highest BCUT2D eigenvalue weighted by Gasteiger charge is 2.33. The Morgan fingerprint density at radius 2 is 2.10 bits per heavy atom. The highest BCUT2D eigenvalue weighted by Crippen LogP contribution is 2.47. The van der Waals surface area contributed by atoms with E-state index < -0.39 is 6.10 Å². The van der Waals surface area contributed by atoms with Crippen molar-refractivity contribution in [1.82, 2.24) is 29.7 Å². The molecule has 3 heterocycles. The molecular weight excluding hydrogens is 404 g/mol. The summed E-state index contributed by atoms with van der Waals surface area (Å²) in [4.78, 5) is 18.3. The molecule has 1 aliphatic rings. The monoisotopic (exact) mass is 424 g/mol. The van der Waals surface area contributed by atoms with Crippen molar-refractivity contribution in [3.63, 3.8) is 0 Å². The fourth-order valence-corrected chi connectivity index (χ4v) is 4.73. The first-order valence-corrected chi connectivity index (χ1v) is 10.5. The smallest absolute Gasteiger partial charge is 0.251 e. The van der Waals surface area contributed by atoms with Crippen LogP contribution in [0.4, 0.5) is 0 Å². The van der Waals surface area contributed by atoms with Gasteiger partial charge in [0.1, 0.15) is 23.0 Å². The summed E-state index contributed by atoms with van der Waals surface area (Å²) in [5.41, 5.74) is 2.48. The van der Waals surface area contributed by atoms with Crippen molar-refractivity contribution >= 4 is 22.1 Å². The van der Waals surface area contributed by atoms with E-state index >= 15 is 0 Å². The lowest BCUT2D eigenvalue weighted by Gasteiger charge is -2.09. The van der Waals surface area contributed by atoms with E-state index in [1.807, 2.05) is 10.6 Å². The molecule has 3 N–H and O–H groups in total. The maximum absolute atomic E-state index is 12.0. The van der Waals surface area contributed by atoms with Crippen LogP contribution in [-0.2, 0) is 0 Å². The van der Waals surface area contributed by atoms with Crippen LogP contribution in [0, 0.1) is 0 Å². The number of benzene rings is 1. The Morgan fingerprint density at radius 3 is 2.83 bits per heavy atom. The summed E-state index contributed by atoms with van der Waals surface area (Å²) >= 11 is 1.67. The number of fused-ring (bicyclic) bond motifs is 1. The number of amides is 1. The van der Waals surface area contributed by atoms with Crippen LogP contribution in [0.25, 0.3) is 10.5 Å². The maximum atomic E-state index is 12.0. The number of aliphatic hydroxyl groups excluding tert-OH is 2. The van der Waals surface area contributed by atoms with E-state index in [0.29, 0.717) is 17.2 Å². The molecule has 0 spiro atoms. The van der Waals surface area contributed by atoms with Gasteiger partial charge >= 0.3 is 0 Å². The van der Waals surface area contributed by atoms with Gasteiger partial charge in [-0.2, -0.15) is 0 Å². The Bertz CT molecular complexity index is 1190. The number of imidazole rings is 1. The topological polar surface area (TPSA) is 118 Å². The van der Waals surface area contributed by atoms with Gasteiger partial charge in [0.2, 0.25) is 0 Å². The molecule has 0 radical (unpaired) electrons. The number of thiazole rings is 1. The Labute approximate surface area is 175 Å². The van der Waals surface area contributed by atoms with Crippen LogP contribution in [-0.4, -0.2) is 53.7 Å². The minimum atomic E-state index is -0.902. The summed E-state index contributed by atoms with van der Waals surface area (Å²) in [5.74, 6) is 0.249. The maximum Gasteiger partial charge on any atom is 0.251 e. The Kier molecular flexibility index (Phi) is 4.81. The molecular formula is C20H20N6O3S. The third kappa shape index (κ3) is 3.38. The molecule has 1 atom stereocenters. The summed E-state index contributed by atoms with van der Waals surface area (Å²) in [6.07, 6.45) is 6.61. The Morgan fingerprint density at radius 1 is 1.30 bits per heavy atom. The molecule has 1 aliphatic carbocycles. The lowest BCUT2D eigenvalue weighted by atomic mass is 10.1. The van der Waals surface area contributed by atoms with Gasteiger partial charge in [-0.25, -0.2) is 9.67 Å². The van der Waals surface area contributed by atoms with Gasteiger partial charge in [-0.15, -0.1) is 16.4 Å². The van der Waals surface area contributed by atoms with Gasteiger partial charge in [0.25, 0.3) is 5.91 Å². The molecule has 3 aromatic heterocycles. The number of aromatic nitrogens is 5. The zero-order valence-electron chi connectivity index (χ0n) is 16.0. The average Bonchev–Trinajstić information content (AvgIpc) is 3.16. The van der Waals surface area contributed by atoms with Crippen LogP contribution < -0.4 is 5.32 Å². The molecule has 1 saturated carbocycles. The van der Waals surface area contributed by atoms with Crippen molar-refractivity contribution in [2.75, 3.05) is 13.2 Å². The minimum absolute atomic E-state index is 0.105. The van der Waals surface area contributed by atoms with Gasteiger partial charge in [0.05, 0.1) is 30.4 Å². The first-order valence-electron chi connectivity index (χ1n) is 9.70. The first kappa shape index (κ1) is 18.9. The van der Waals surface area contributed by atoms with Crippen LogP contribution in [0.1, 0.15) is 51.5 Å². The molecule has 0 aliphatic heterocycles. The number of hydrogen-bond acceptors (Lipinski definition) is 7. The summed E-state index contributed by atoms with van der Waals surface area (Å²) in [6.45, 7) is 0.104. The number of carbonyl (C=O) groups is 1. The molecule has 1 fully saturated rings. The molecule has 1 aromatic carbocycles. The predicted octanol–water partition coefficient (Wildman–Crippen LogP) is 1.66. The SMILES string of the molecule is O=C(NCCO)c1ccc(-n2cc(C(O)c3c(C4CC4)sc4cncn34)nn2)cc1. The minimum Gasteiger partial charge on any atom is -0.395 e. The third-order valence-corrected chi connectivity index (χ3v) is 6.39. The molecule has 1 unspecified atom stereocenters. The lowest BCUT2D eigenvalue weighted by Crippen LogP contribution is -2.26. The highest BCUT2D eigenvalue weighted by atomic mass is 32.1. The van der Waals surface area contributed by atoms with Crippen molar-refractivity contribution in [3.8, 4) is 5.69 Å². The quantitative estimate of drug-likeness (QED) is 0.415. The van der Waals surface area contributed by atoms with Crippen LogP contribution in [0.15, 0.2) is 43.0 Å². The number of nitrogens with zero attached hydrogens (tertiary/aromatic N) is 5. The van der Waals surface area contributed by atoms with E-state index in [1.54, 1.807) is 52.8 Å². The second kappa shape index (κ2) is 7.63. The van der Waals surface area contributed by atoms with Gasteiger partial charge in [-0.05, 0) is 43.0 Å². The summed E-state index contributed by atoms with van der Waals surface area (Å²) in [6, 6.07) is 6.87. The van der Waals surface area contributed by atoms with Crippen LogP contribution in [0.2, 0.25) is 0 Å². The van der Waals surface area contributed by atoms with Crippen molar-refractivity contribution < 1.29 is 15.0 Å². The van der Waals surface area contributed by atoms with Crippen LogP contribution in [0.5, 0.6) is 0 Å². The second-order valence-electron chi connectivity index (χ2n) is 7.24. The van der Waals surface area contributed by atoms with Crippen molar-refractivity contribution in [1.29, 1.82) is 0 Å². The number of aliphatic hydroxyl groups is 2. The molecule has 154 valence electrons. The predicted molar refractivity (Wildman–Crippen MR) is 110 cm³/mol. The molecule has 5 rings (SSSR count). The zero-order valence-corrected chi connectivity index (χ0v) is 16.8. The highest BCUT2D eigenvalue weighted by molar-refractivity contribution is 7.17. The second-order valence-corrected chi connectivity index (χ2v) is 8.31. The fourth-order valence-electron chi connectivity index (χ4n) is 3.43. The van der Waals surface area contributed by atoms with Gasteiger partial charge in [0, 0.05) is 17.0 Å². The largest absolute Gasteiger partial charge is 0.395 e. The summed E-state index contributed by atoms with van der Waals surface area (Å²) in [7, 11) is 0. The Hall–Kier alpha value is -3.08. The number of carbonyl (C=O) groups excluding carboxylic acids is 1. The molecule has 1 amide bonds. The number of rotatable bonds is 7. The molecule has 0 bridgehead atoms. The van der Waals surface area contributed by atoms with Gasteiger partial charge < -0.3 is 15.5 Å². The van der Waals surface area contributed by atoms with Gasteiger partial charge in [0.15, 0.2) is 0 Å².